The lowest BCUT2D eigenvalue weighted by Crippen LogP contribution is -2.42. The lowest BCUT2D eigenvalue weighted by atomic mass is 10.2. The second-order valence-corrected chi connectivity index (χ2v) is 7.01. The third-order valence-corrected chi connectivity index (χ3v) is 4.73. The highest BCUT2D eigenvalue weighted by atomic mass is 16.5. The van der Waals surface area contributed by atoms with Crippen molar-refractivity contribution in [1.82, 2.24) is 15.5 Å². The summed E-state index contributed by atoms with van der Waals surface area (Å²) in [4.78, 5) is 7.16. The summed E-state index contributed by atoms with van der Waals surface area (Å²) in [6, 6.07) is 0.757. The Morgan fingerprint density at radius 1 is 1.19 bits per heavy atom. The van der Waals surface area contributed by atoms with Gasteiger partial charge in [-0.05, 0) is 39.0 Å². The highest BCUT2D eigenvalue weighted by Crippen LogP contribution is 2.25. The van der Waals surface area contributed by atoms with Crippen molar-refractivity contribution in [2.75, 3.05) is 66.3 Å². The van der Waals surface area contributed by atoms with E-state index >= 15 is 0 Å². The molecule has 1 unspecified atom stereocenters. The molecule has 152 valence electrons. The summed E-state index contributed by atoms with van der Waals surface area (Å²) < 4.78 is 16.5. The lowest BCUT2D eigenvalue weighted by Gasteiger charge is -2.22. The Bertz CT molecular complexity index is 385. The van der Waals surface area contributed by atoms with Crippen molar-refractivity contribution in [1.29, 1.82) is 0 Å². The van der Waals surface area contributed by atoms with Crippen LogP contribution in [0.4, 0.5) is 0 Å². The molecular weight excluding hydrogens is 332 g/mol. The van der Waals surface area contributed by atoms with Gasteiger partial charge in [0, 0.05) is 59.1 Å². The molecule has 2 fully saturated rings. The zero-order chi connectivity index (χ0) is 18.5. The zero-order valence-corrected chi connectivity index (χ0v) is 16.7. The van der Waals surface area contributed by atoms with Crippen LogP contribution in [0, 0.1) is 0 Å². The fourth-order valence-corrected chi connectivity index (χ4v) is 3.13. The number of rotatable bonds is 14. The fourth-order valence-electron chi connectivity index (χ4n) is 3.13. The number of hydrogen-bond donors (Lipinski definition) is 2. The van der Waals surface area contributed by atoms with Crippen molar-refractivity contribution in [3.05, 3.63) is 0 Å². The molecule has 7 heteroatoms. The van der Waals surface area contributed by atoms with Gasteiger partial charge in [0.05, 0.1) is 19.3 Å². The molecule has 1 heterocycles. The molecule has 1 aliphatic heterocycles. The van der Waals surface area contributed by atoms with Gasteiger partial charge in [-0.1, -0.05) is 0 Å². The van der Waals surface area contributed by atoms with Gasteiger partial charge >= 0.3 is 0 Å². The molecule has 0 radical (unpaired) electrons. The lowest BCUT2D eigenvalue weighted by molar-refractivity contribution is 0.0171. The van der Waals surface area contributed by atoms with Gasteiger partial charge in [0.25, 0.3) is 0 Å². The summed E-state index contributed by atoms with van der Waals surface area (Å²) in [6.07, 6.45) is 6.19. The minimum atomic E-state index is 0.310. The number of hydrogen-bond acceptors (Lipinski definition) is 5. The van der Waals surface area contributed by atoms with Crippen LogP contribution in [0.25, 0.3) is 0 Å². The largest absolute Gasteiger partial charge is 0.383 e. The summed E-state index contributed by atoms with van der Waals surface area (Å²) in [7, 11) is 1.77. The molecule has 0 aromatic rings. The molecule has 0 amide bonds. The second kappa shape index (κ2) is 13.3. The van der Waals surface area contributed by atoms with Gasteiger partial charge in [-0.15, -0.1) is 0 Å². The first kappa shape index (κ1) is 21.4. The molecule has 7 nitrogen and oxygen atoms in total. The molecular formula is C19H38N4O3. The fraction of sp³-hybridized carbons (Fsp3) is 0.947. The second-order valence-electron chi connectivity index (χ2n) is 7.01. The molecule has 1 saturated heterocycles. The standard InChI is InChI=1S/C19H38N4O3/c1-3-20-19(21-9-5-13-25-16-18-6-4-14-26-18)22-10-11-23(12-15-24-2)17-7-8-17/h17-18H,3-16H2,1-2H3,(H2,20,21,22). The van der Waals surface area contributed by atoms with Gasteiger partial charge in [-0.2, -0.15) is 0 Å². The van der Waals surface area contributed by atoms with E-state index in [9.17, 15) is 0 Å². The number of ether oxygens (including phenoxy) is 3. The number of guanidine groups is 1. The molecule has 0 bridgehead atoms. The highest BCUT2D eigenvalue weighted by Gasteiger charge is 2.28. The quantitative estimate of drug-likeness (QED) is 0.272. The molecule has 1 aliphatic carbocycles. The van der Waals surface area contributed by atoms with Crippen LogP contribution in [-0.4, -0.2) is 89.3 Å². The van der Waals surface area contributed by atoms with Crippen LogP contribution in [0.1, 0.15) is 39.0 Å². The Morgan fingerprint density at radius 3 is 2.77 bits per heavy atom. The van der Waals surface area contributed by atoms with E-state index in [4.69, 9.17) is 14.2 Å². The minimum Gasteiger partial charge on any atom is -0.383 e. The van der Waals surface area contributed by atoms with Gasteiger partial charge < -0.3 is 24.8 Å². The third-order valence-electron chi connectivity index (χ3n) is 4.73. The van der Waals surface area contributed by atoms with Crippen LogP contribution in [0.2, 0.25) is 0 Å². The topological polar surface area (TPSA) is 67.4 Å². The molecule has 1 atom stereocenters. The average Bonchev–Trinajstić information content (AvgIpc) is 3.36. The van der Waals surface area contributed by atoms with E-state index in [-0.39, 0.29) is 0 Å². The van der Waals surface area contributed by atoms with Crippen LogP contribution in [0.15, 0.2) is 4.99 Å². The van der Waals surface area contributed by atoms with Gasteiger partial charge in [0.1, 0.15) is 0 Å². The van der Waals surface area contributed by atoms with Crippen LogP contribution in [0.5, 0.6) is 0 Å². The van der Waals surface area contributed by atoms with E-state index in [1.54, 1.807) is 7.11 Å². The van der Waals surface area contributed by atoms with Crippen molar-refractivity contribution in [3.63, 3.8) is 0 Å². The van der Waals surface area contributed by atoms with Crippen molar-refractivity contribution in [2.45, 2.75) is 51.2 Å². The van der Waals surface area contributed by atoms with Crippen molar-refractivity contribution in [3.8, 4) is 0 Å². The van der Waals surface area contributed by atoms with Crippen LogP contribution < -0.4 is 10.6 Å². The van der Waals surface area contributed by atoms with Crippen LogP contribution >= 0.6 is 0 Å². The highest BCUT2D eigenvalue weighted by molar-refractivity contribution is 5.79. The summed E-state index contributed by atoms with van der Waals surface area (Å²) >= 11 is 0. The maximum atomic E-state index is 5.69. The molecule has 0 aromatic carbocycles. The molecule has 1 saturated carbocycles. The Kier molecular flexibility index (Phi) is 11.0. The van der Waals surface area contributed by atoms with Crippen LogP contribution in [0.3, 0.4) is 0 Å². The minimum absolute atomic E-state index is 0.310. The Balaban J connectivity index is 1.56. The monoisotopic (exact) mass is 370 g/mol. The molecule has 26 heavy (non-hydrogen) atoms. The molecule has 2 aliphatic rings. The van der Waals surface area contributed by atoms with E-state index in [0.29, 0.717) is 6.10 Å². The van der Waals surface area contributed by atoms with Gasteiger partial charge in [0.15, 0.2) is 5.96 Å². The van der Waals surface area contributed by atoms with Crippen LogP contribution in [-0.2, 0) is 14.2 Å². The summed E-state index contributed by atoms with van der Waals surface area (Å²) in [5, 5.41) is 6.76. The van der Waals surface area contributed by atoms with E-state index in [1.165, 1.54) is 19.3 Å². The number of nitrogens with zero attached hydrogens (tertiary/aromatic N) is 2. The molecule has 2 N–H and O–H groups in total. The number of methoxy groups -OCH3 is 1. The Labute approximate surface area is 158 Å². The maximum absolute atomic E-state index is 5.69. The smallest absolute Gasteiger partial charge is 0.191 e. The molecule has 0 spiro atoms. The van der Waals surface area contributed by atoms with Crippen molar-refractivity contribution in [2.24, 2.45) is 4.99 Å². The number of aliphatic imine (C=N–C) groups is 1. The third kappa shape index (κ3) is 9.16. The van der Waals surface area contributed by atoms with Gasteiger partial charge in [0.2, 0.25) is 0 Å². The predicted octanol–water partition coefficient (Wildman–Crippen LogP) is 1.24. The first-order valence-electron chi connectivity index (χ1n) is 10.3. The molecule has 2 rings (SSSR count). The van der Waals surface area contributed by atoms with Crippen molar-refractivity contribution < 1.29 is 14.2 Å². The van der Waals surface area contributed by atoms with Gasteiger partial charge in [-0.25, -0.2) is 0 Å². The molecule has 0 aromatic heterocycles. The summed E-state index contributed by atoms with van der Waals surface area (Å²) in [5.74, 6) is 0.897. The predicted molar refractivity (Wildman–Crippen MR) is 105 cm³/mol. The Morgan fingerprint density at radius 2 is 2.08 bits per heavy atom. The van der Waals surface area contributed by atoms with E-state index < -0.39 is 0 Å². The average molecular weight is 371 g/mol. The van der Waals surface area contributed by atoms with Crippen molar-refractivity contribution >= 4 is 5.96 Å². The Hall–Kier alpha value is -0.890. The van der Waals surface area contributed by atoms with Gasteiger partial charge in [-0.3, -0.25) is 9.89 Å². The van der Waals surface area contributed by atoms with E-state index in [2.05, 4.69) is 27.4 Å². The summed E-state index contributed by atoms with van der Waals surface area (Å²) in [6.45, 7) is 9.85. The maximum Gasteiger partial charge on any atom is 0.191 e. The summed E-state index contributed by atoms with van der Waals surface area (Å²) in [5.41, 5.74) is 0. The first-order valence-corrected chi connectivity index (χ1v) is 10.3. The van der Waals surface area contributed by atoms with E-state index in [0.717, 1.165) is 84.0 Å². The first-order chi connectivity index (χ1) is 12.8. The SMILES string of the molecule is CCNC(=NCCCOCC1CCCO1)NCCN(CCOC)C1CC1. The normalized spacial score (nSPS) is 20.7. The zero-order valence-electron chi connectivity index (χ0n) is 16.7. The number of nitrogens with one attached hydrogen (secondary N) is 2. The van der Waals surface area contributed by atoms with E-state index in [1.807, 2.05) is 0 Å².